The van der Waals surface area contributed by atoms with E-state index in [9.17, 15) is 8.42 Å². The van der Waals surface area contributed by atoms with Gasteiger partial charge in [0.2, 0.25) is 10.0 Å². The summed E-state index contributed by atoms with van der Waals surface area (Å²) < 4.78 is 26.7. The maximum absolute atomic E-state index is 12.6. The van der Waals surface area contributed by atoms with Crippen LogP contribution in [-0.4, -0.2) is 32.4 Å². The molecule has 0 spiro atoms. The molecule has 0 aliphatic carbocycles. The summed E-state index contributed by atoms with van der Waals surface area (Å²) in [7, 11) is -3.38. The number of nitriles is 1. The molecule has 0 bridgehead atoms. The molecule has 1 saturated heterocycles. The molecule has 21 heavy (non-hydrogen) atoms. The highest BCUT2D eigenvalue weighted by atomic mass is 32.2. The SMILES string of the molecule is N#Cc1ccccc1CS(=O)(=O)N1CCCC(CCN)C1. The molecule has 2 rings (SSSR count). The van der Waals surface area contributed by atoms with Gasteiger partial charge in [-0.2, -0.15) is 5.26 Å². The quantitative estimate of drug-likeness (QED) is 0.892. The lowest BCUT2D eigenvalue weighted by atomic mass is 9.96. The van der Waals surface area contributed by atoms with E-state index in [2.05, 4.69) is 6.07 Å². The highest BCUT2D eigenvalue weighted by molar-refractivity contribution is 7.88. The molecule has 2 N–H and O–H groups in total. The van der Waals surface area contributed by atoms with E-state index in [1.165, 1.54) is 0 Å². The summed E-state index contributed by atoms with van der Waals surface area (Å²) in [6, 6.07) is 8.91. The smallest absolute Gasteiger partial charge is 0.218 e. The molecule has 0 aromatic heterocycles. The molecule has 1 heterocycles. The molecular formula is C15H21N3O2S. The largest absolute Gasteiger partial charge is 0.330 e. The summed E-state index contributed by atoms with van der Waals surface area (Å²) in [6.07, 6.45) is 2.78. The van der Waals surface area contributed by atoms with Crippen LogP contribution in [0, 0.1) is 17.2 Å². The van der Waals surface area contributed by atoms with Gasteiger partial charge in [-0.25, -0.2) is 12.7 Å². The van der Waals surface area contributed by atoms with Crippen LogP contribution in [0.5, 0.6) is 0 Å². The van der Waals surface area contributed by atoms with Crippen LogP contribution in [0.2, 0.25) is 0 Å². The summed E-state index contributed by atoms with van der Waals surface area (Å²) in [5.41, 5.74) is 6.57. The second-order valence-corrected chi connectivity index (χ2v) is 7.44. The third kappa shape index (κ3) is 4.03. The number of benzene rings is 1. The van der Waals surface area contributed by atoms with Crippen molar-refractivity contribution in [2.24, 2.45) is 11.7 Å². The molecule has 1 fully saturated rings. The Labute approximate surface area is 126 Å². The molecule has 1 aromatic carbocycles. The van der Waals surface area contributed by atoms with Crippen LogP contribution < -0.4 is 5.73 Å². The monoisotopic (exact) mass is 307 g/mol. The fourth-order valence-electron chi connectivity index (χ4n) is 2.79. The number of nitrogens with zero attached hydrogens (tertiary/aromatic N) is 2. The van der Waals surface area contributed by atoms with Crippen molar-refractivity contribution in [2.75, 3.05) is 19.6 Å². The molecule has 1 aliphatic heterocycles. The molecule has 0 amide bonds. The lowest BCUT2D eigenvalue weighted by Crippen LogP contribution is -2.41. The standard InChI is InChI=1S/C15H21N3O2S/c16-8-7-13-4-3-9-18(11-13)21(19,20)12-15-6-2-1-5-14(15)10-17/h1-2,5-6,13H,3-4,7-9,11-12,16H2. The number of hydrogen-bond acceptors (Lipinski definition) is 4. The van der Waals surface area contributed by atoms with E-state index in [0.29, 0.717) is 36.7 Å². The zero-order valence-corrected chi connectivity index (χ0v) is 12.8. The molecule has 1 aromatic rings. The summed E-state index contributed by atoms with van der Waals surface area (Å²) in [4.78, 5) is 0. The van der Waals surface area contributed by atoms with E-state index in [1.54, 1.807) is 28.6 Å². The first-order chi connectivity index (χ1) is 10.1. The van der Waals surface area contributed by atoms with Crippen molar-refractivity contribution in [3.05, 3.63) is 35.4 Å². The Hall–Kier alpha value is -1.42. The minimum atomic E-state index is -3.38. The van der Waals surface area contributed by atoms with Crippen molar-refractivity contribution >= 4 is 10.0 Å². The van der Waals surface area contributed by atoms with Crippen molar-refractivity contribution in [2.45, 2.75) is 25.0 Å². The Morgan fingerprint density at radius 1 is 1.38 bits per heavy atom. The van der Waals surface area contributed by atoms with Gasteiger partial charge < -0.3 is 5.73 Å². The average molecular weight is 307 g/mol. The highest BCUT2D eigenvalue weighted by Crippen LogP contribution is 2.23. The summed E-state index contributed by atoms with van der Waals surface area (Å²) in [6.45, 7) is 1.71. The second kappa shape index (κ2) is 7.03. The number of sulfonamides is 1. The maximum Gasteiger partial charge on any atom is 0.218 e. The zero-order chi connectivity index (χ0) is 15.3. The minimum absolute atomic E-state index is 0.105. The number of hydrogen-bond donors (Lipinski definition) is 1. The Kier molecular flexibility index (Phi) is 5.34. The first-order valence-corrected chi connectivity index (χ1v) is 8.83. The number of nitrogens with two attached hydrogens (primary N) is 1. The van der Waals surface area contributed by atoms with Gasteiger partial charge in [0.05, 0.1) is 17.4 Å². The van der Waals surface area contributed by atoms with Gasteiger partial charge in [0.1, 0.15) is 0 Å². The first-order valence-electron chi connectivity index (χ1n) is 7.22. The van der Waals surface area contributed by atoms with Crippen LogP contribution in [0.3, 0.4) is 0 Å². The molecule has 114 valence electrons. The van der Waals surface area contributed by atoms with Crippen LogP contribution in [0.4, 0.5) is 0 Å². The van der Waals surface area contributed by atoms with Crippen LogP contribution in [0.25, 0.3) is 0 Å². The van der Waals surface area contributed by atoms with E-state index in [0.717, 1.165) is 19.3 Å². The van der Waals surface area contributed by atoms with E-state index >= 15 is 0 Å². The second-order valence-electron chi connectivity index (χ2n) is 5.47. The van der Waals surface area contributed by atoms with Gasteiger partial charge in [0, 0.05) is 13.1 Å². The minimum Gasteiger partial charge on any atom is -0.330 e. The van der Waals surface area contributed by atoms with Crippen LogP contribution in [-0.2, 0) is 15.8 Å². The number of piperidine rings is 1. The Morgan fingerprint density at radius 2 is 2.14 bits per heavy atom. The van der Waals surface area contributed by atoms with Crippen LogP contribution in [0.1, 0.15) is 30.4 Å². The Bertz CT molecular complexity index is 620. The van der Waals surface area contributed by atoms with Crippen LogP contribution in [0.15, 0.2) is 24.3 Å². The molecule has 0 saturated carbocycles. The molecule has 0 radical (unpaired) electrons. The van der Waals surface area contributed by atoms with Gasteiger partial charge in [-0.1, -0.05) is 18.2 Å². The lowest BCUT2D eigenvalue weighted by molar-refractivity contribution is 0.258. The average Bonchev–Trinajstić information content (AvgIpc) is 2.48. The molecular weight excluding hydrogens is 286 g/mol. The molecule has 1 unspecified atom stereocenters. The summed E-state index contributed by atoms with van der Waals surface area (Å²) in [5.74, 6) is 0.247. The summed E-state index contributed by atoms with van der Waals surface area (Å²) >= 11 is 0. The Morgan fingerprint density at radius 3 is 2.86 bits per heavy atom. The van der Waals surface area contributed by atoms with Gasteiger partial charge in [0.15, 0.2) is 0 Å². The topological polar surface area (TPSA) is 87.2 Å². The van der Waals surface area contributed by atoms with Gasteiger partial charge in [-0.3, -0.25) is 0 Å². The van der Waals surface area contributed by atoms with Crippen molar-refractivity contribution in [1.29, 1.82) is 5.26 Å². The predicted octanol–water partition coefficient (Wildman–Crippen LogP) is 1.45. The van der Waals surface area contributed by atoms with Crippen LogP contribution >= 0.6 is 0 Å². The fraction of sp³-hybridized carbons (Fsp3) is 0.533. The molecule has 1 atom stereocenters. The Balaban J connectivity index is 2.13. The van der Waals surface area contributed by atoms with Gasteiger partial charge in [-0.05, 0) is 43.4 Å². The first kappa shape index (κ1) is 16.0. The lowest BCUT2D eigenvalue weighted by Gasteiger charge is -2.31. The molecule has 1 aliphatic rings. The van der Waals surface area contributed by atoms with E-state index < -0.39 is 10.0 Å². The van der Waals surface area contributed by atoms with Gasteiger partial charge >= 0.3 is 0 Å². The van der Waals surface area contributed by atoms with E-state index in [4.69, 9.17) is 11.0 Å². The maximum atomic E-state index is 12.6. The van der Waals surface area contributed by atoms with E-state index in [-0.39, 0.29) is 5.75 Å². The van der Waals surface area contributed by atoms with Crippen molar-refractivity contribution in [3.63, 3.8) is 0 Å². The van der Waals surface area contributed by atoms with Crippen molar-refractivity contribution < 1.29 is 8.42 Å². The molecule has 5 nitrogen and oxygen atoms in total. The normalized spacial score (nSPS) is 20.1. The third-order valence-corrected chi connectivity index (χ3v) is 5.72. The third-order valence-electron chi connectivity index (χ3n) is 3.93. The van der Waals surface area contributed by atoms with Crippen molar-refractivity contribution in [1.82, 2.24) is 4.31 Å². The highest BCUT2D eigenvalue weighted by Gasteiger charge is 2.29. The van der Waals surface area contributed by atoms with E-state index in [1.807, 2.05) is 0 Å². The van der Waals surface area contributed by atoms with Gasteiger partial charge in [0.25, 0.3) is 0 Å². The van der Waals surface area contributed by atoms with Gasteiger partial charge in [-0.15, -0.1) is 0 Å². The number of rotatable bonds is 5. The predicted molar refractivity (Wildman–Crippen MR) is 81.7 cm³/mol. The van der Waals surface area contributed by atoms with Crippen molar-refractivity contribution in [3.8, 4) is 6.07 Å². The fourth-order valence-corrected chi connectivity index (χ4v) is 4.47. The zero-order valence-electron chi connectivity index (χ0n) is 12.0. The summed E-state index contributed by atoms with van der Waals surface area (Å²) in [5, 5.41) is 9.07. The molecule has 6 heteroatoms.